The summed E-state index contributed by atoms with van der Waals surface area (Å²) in [4.78, 5) is 8.42. The van der Waals surface area contributed by atoms with Crippen LogP contribution in [0, 0.1) is 0 Å². The molecule has 2 rings (SSSR count). The van der Waals surface area contributed by atoms with E-state index in [0.29, 0.717) is 12.1 Å². The molecule has 2 aromatic heterocycles. The molecule has 1 unspecified atom stereocenters. The quantitative estimate of drug-likeness (QED) is 0.853. The van der Waals surface area contributed by atoms with E-state index in [4.69, 9.17) is 0 Å². The van der Waals surface area contributed by atoms with Gasteiger partial charge in [-0.05, 0) is 44.3 Å². The van der Waals surface area contributed by atoms with Gasteiger partial charge >= 0.3 is 0 Å². The van der Waals surface area contributed by atoms with E-state index in [1.807, 2.05) is 10.7 Å². The highest BCUT2D eigenvalue weighted by atomic mass is 79.9. The molecule has 0 radical (unpaired) electrons. The molecule has 0 spiro atoms. The van der Waals surface area contributed by atoms with Gasteiger partial charge in [-0.2, -0.15) is 5.10 Å². The molecule has 0 saturated heterocycles. The number of aliphatic hydroxyl groups excluding tert-OH is 1. The first-order valence-corrected chi connectivity index (χ1v) is 7.56. The first kappa shape index (κ1) is 14.6. The minimum Gasteiger partial charge on any atom is -0.386 e. The molecule has 0 aromatic carbocycles. The van der Waals surface area contributed by atoms with Crippen LogP contribution in [0.4, 0.5) is 0 Å². The van der Waals surface area contributed by atoms with Gasteiger partial charge in [-0.25, -0.2) is 4.98 Å². The highest BCUT2D eigenvalue weighted by Crippen LogP contribution is 2.26. The van der Waals surface area contributed by atoms with Crippen molar-refractivity contribution in [3.63, 3.8) is 0 Å². The maximum absolute atomic E-state index is 10.3. The molecule has 5 nitrogen and oxygen atoms in total. The maximum atomic E-state index is 10.3. The smallest absolute Gasteiger partial charge is 0.138 e. The second-order valence-electron chi connectivity index (χ2n) is 4.14. The van der Waals surface area contributed by atoms with Gasteiger partial charge in [-0.3, -0.25) is 9.67 Å². The van der Waals surface area contributed by atoms with Gasteiger partial charge in [0.25, 0.3) is 0 Å². The van der Waals surface area contributed by atoms with Gasteiger partial charge in [0.05, 0.1) is 5.69 Å². The summed E-state index contributed by atoms with van der Waals surface area (Å²) in [6.45, 7) is 2.88. The Bertz CT molecular complexity index is 558. The molecule has 2 heterocycles. The molecule has 7 heteroatoms. The summed E-state index contributed by atoms with van der Waals surface area (Å²) in [6.07, 6.45) is 3.85. The summed E-state index contributed by atoms with van der Waals surface area (Å²) < 4.78 is 3.45. The Hall–Kier alpha value is -0.790. The van der Waals surface area contributed by atoms with E-state index in [2.05, 4.69) is 53.9 Å². The van der Waals surface area contributed by atoms with Gasteiger partial charge in [0, 0.05) is 28.1 Å². The lowest BCUT2D eigenvalue weighted by molar-refractivity contribution is 0.168. The molecule has 0 bridgehead atoms. The molecule has 0 saturated carbocycles. The van der Waals surface area contributed by atoms with E-state index in [1.165, 1.54) is 6.33 Å². The fourth-order valence-corrected chi connectivity index (χ4v) is 3.04. The normalized spacial score (nSPS) is 12.6. The summed E-state index contributed by atoms with van der Waals surface area (Å²) >= 11 is 6.74. The molecule has 0 aliphatic rings. The number of hydrogen-bond donors (Lipinski definition) is 1. The minimum absolute atomic E-state index is 0.396. The molecular weight excluding hydrogens is 376 g/mol. The minimum atomic E-state index is -0.706. The van der Waals surface area contributed by atoms with Gasteiger partial charge < -0.3 is 5.11 Å². The summed E-state index contributed by atoms with van der Waals surface area (Å²) in [7, 11) is 0. The van der Waals surface area contributed by atoms with Gasteiger partial charge in [0.2, 0.25) is 0 Å². The molecule has 19 heavy (non-hydrogen) atoms. The number of nitrogens with zero attached hydrogens (tertiary/aromatic N) is 4. The fraction of sp³-hybridized carbons (Fsp3) is 0.417. The molecular formula is C12H14Br2N4O. The number of aromatic nitrogens is 4. The number of halogens is 2. The lowest BCUT2D eigenvalue weighted by Crippen LogP contribution is -2.11. The Morgan fingerprint density at radius 1 is 1.37 bits per heavy atom. The zero-order valence-electron chi connectivity index (χ0n) is 10.4. The van der Waals surface area contributed by atoms with Crippen LogP contribution in [-0.4, -0.2) is 24.9 Å². The SMILES string of the molecule is CCCn1ncnc1CC(O)c1ncc(Br)cc1Br. The van der Waals surface area contributed by atoms with E-state index in [1.54, 1.807) is 6.20 Å². The van der Waals surface area contributed by atoms with E-state index in [9.17, 15) is 5.11 Å². The summed E-state index contributed by atoms with van der Waals surface area (Å²) in [5.74, 6) is 0.769. The predicted octanol–water partition coefficient (Wildman–Crippen LogP) is 2.88. The highest BCUT2D eigenvalue weighted by molar-refractivity contribution is 9.11. The largest absolute Gasteiger partial charge is 0.386 e. The van der Waals surface area contributed by atoms with Crippen LogP contribution in [0.25, 0.3) is 0 Å². The van der Waals surface area contributed by atoms with Crippen molar-refractivity contribution < 1.29 is 5.11 Å². The van der Waals surface area contributed by atoms with Crippen molar-refractivity contribution >= 4 is 31.9 Å². The Kier molecular flexibility index (Phi) is 5.06. The molecule has 1 atom stereocenters. The second kappa shape index (κ2) is 6.58. The summed E-state index contributed by atoms with van der Waals surface area (Å²) in [5.41, 5.74) is 0.606. The third kappa shape index (κ3) is 3.61. The van der Waals surface area contributed by atoms with Crippen LogP contribution in [0.5, 0.6) is 0 Å². The molecule has 0 amide bonds. The lowest BCUT2D eigenvalue weighted by Gasteiger charge is -2.12. The van der Waals surface area contributed by atoms with Crippen LogP contribution in [0.3, 0.4) is 0 Å². The van der Waals surface area contributed by atoms with E-state index < -0.39 is 6.10 Å². The van der Waals surface area contributed by atoms with Crippen LogP contribution in [0.1, 0.15) is 31.0 Å². The highest BCUT2D eigenvalue weighted by Gasteiger charge is 2.17. The predicted molar refractivity (Wildman–Crippen MR) is 78.6 cm³/mol. The van der Waals surface area contributed by atoms with Crippen LogP contribution >= 0.6 is 31.9 Å². The Morgan fingerprint density at radius 2 is 2.16 bits per heavy atom. The van der Waals surface area contributed by atoms with Crippen LogP contribution in [-0.2, 0) is 13.0 Å². The van der Waals surface area contributed by atoms with Crippen molar-refractivity contribution in [2.75, 3.05) is 0 Å². The number of hydrogen-bond acceptors (Lipinski definition) is 4. The van der Waals surface area contributed by atoms with Crippen LogP contribution in [0.15, 0.2) is 27.5 Å². The van der Waals surface area contributed by atoms with Crippen molar-refractivity contribution in [1.82, 2.24) is 19.7 Å². The number of pyridine rings is 1. The van der Waals surface area contributed by atoms with Gasteiger partial charge in [0.1, 0.15) is 18.3 Å². The molecule has 2 aromatic rings. The monoisotopic (exact) mass is 388 g/mol. The van der Waals surface area contributed by atoms with Crippen LogP contribution in [0.2, 0.25) is 0 Å². The average molecular weight is 390 g/mol. The topological polar surface area (TPSA) is 63.8 Å². The Labute approximate surface area is 128 Å². The standard InChI is InChI=1S/C12H14Br2N4O/c1-2-3-18-11(16-7-17-18)5-10(19)12-9(14)4-8(13)6-15-12/h4,6-7,10,19H,2-3,5H2,1H3. The molecule has 0 aliphatic heterocycles. The van der Waals surface area contributed by atoms with E-state index >= 15 is 0 Å². The second-order valence-corrected chi connectivity index (χ2v) is 5.91. The third-order valence-electron chi connectivity index (χ3n) is 2.66. The number of rotatable bonds is 5. The molecule has 1 N–H and O–H groups in total. The third-order valence-corrected chi connectivity index (χ3v) is 3.73. The van der Waals surface area contributed by atoms with Gasteiger partial charge in [-0.15, -0.1) is 0 Å². The van der Waals surface area contributed by atoms with Gasteiger partial charge in [-0.1, -0.05) is 6.92 Å². The summed E-state index contributed by atoms with van der Waals surface area (Å²) in [6, 6.07) is 1.86. The van der Waals surface area contributed by atoms with E-state index in [-0.39, 0.29) is 0 Å². The number of aryl methyl sites for hydroxylation is 1. The first-order valence-electron chi connectivity index (χ1n) is 5.97. The van der Waals surface area contributed by atoms with Crippen molar-refractivity contribution in [3.05, 3.63) is 39.1 Å². The lowest BCUT2D eigenvalue weighted by atomic mass is 10.1. The van der Waals surface area contributed by atoms with Crippen molar-refractivity contribution in [1.29, 1.82) is 0 Å². The van der Waals surface area contributed by atoms with Crippen LogP contribution < -0.4 is 0 Å². The molecule has 0 aliphatic carbocycles. The zero-order chi connectivity index (χ0) is 13.8. The summed E-state index contributed by atoms with van der Waals surface area (Å²) in [5, 5.41) is 14.4. The first-order chi connectivity index (χ1) is 9.11. The number of aliphatic hydroxyl groups is 1. The van der Waals surface area contributed by atoms with Crippen molar-refractivity contribution in [2.45, 2.75) is 32.4 Å². The van der Waals surface area contributed by atoms with Gasteiger partial charge in [0.15, 0.2) is 0 Å². The molecule has 102 valence electrons. The Morgan fingerprint density at radius 3 is 2.84 bits per heavy atom. The zero-order valence-corrected chi connectivity index (χ0v) is 13.6. The molecule has 0 fully saturated rings. The average Bonchev–Trinajstić information content (AvgIpc) is 2.77. The van der Waals surface area contributed by atoms with Crippen molar-refractivity contribution in [2.24, 2.45) is 0 Å². The van der Waals surface area contributed by atoms with Crippen molar-refractivity contribution in [3.8, 4) is 0 Å². The van der Waals surface area contributed by atoms with E-state index in [0.717, 1.165) is 27.7 Å². The fourth-order valence-electron chi connectivity index (χ4n) is 1.78. The maximum Gasteiger partial charge on any atom is 0.138 e. The Balaban J connectivity index is 2.16.